The molecule has 0 spiro atoms. The SMILES string of the molecule is CCC1=C(C)C(=O)N/C1=C\c1[nH]c(C)c(C(=O)OCc2ccccc2)c1C. The van der Waals surface area contributed by atoms with Crippen molar-refractivity contribution in [2.45, 2.75) is 40.7 Å². The Balaban J connectivity index is 1.84. The Bertz CT molecular complexity index is 949. The minimum atomic E-state index is -0.354. The van der Waals surface area contributed by atoms with E-state index in [0.717, 1.165) is 45.8 Å². The summed E-state index contributed by atoms with van der Waals surface area (Å²) in [6.45, 7) is 7.82. The molecule has 1 aromatic carbocycles. The molecular formula is C22H24N2O3. The van der Waals surface area contributed by atoms with Gasteiger partial charge in [0.2, 0.25) is 0 Å². The van der Waals surface area contributed by atoms with E-state index >= 15 is 0 Å². The van der Waals surface area contributed by atoms with Crippen molar-refractivity contribution >= 4 is 18.0 Å². The quantitative estimate of drug-likeness (QED) is 0.782. The average molecular weight is 364 g/mol. The molecule has 140 valence electrons. The van der Waals surface area contributed by atoms with E-state index in [1.807, 2.05) is 64.1 Å². The minimum absolute atomic E-state index is 0.0680. The Morgan fingerprint density at radius 1 is 1.15 bits per heavy atom. The first kappa shape index (κ1) is 18.7. The maximum absolute atomic E-state index is 12.6. The van der Waals surface area contributed by atoms with Crippen molar-refractivity contribution < 1.29 is 14.3 Å². The summed E-state index contributed by atoms with van der Waals surface area (Å²) < 4.78 is 5.48. The molecule has 0 saturated carbocycles. The van der Waals surface area contributed by atoms with Crippen LogP contribution >= 0.6 is 0 Å². The summed E-state index contributed by atoms with van der Waals surface area (Å²) in [5.74, 6) is -0.422. The van der Waals surface area contributed by atoms with Gasteiger partial charge in [0.1, 0.15) is 6.61 Å². The van der Waals surface area contributed by atoms with Crippen LogP contribution in [0.4, 0.5) is 0 Å². The molecule has 1 aliphatic heterocycles. The van der Waals surface area contributed by atoms with Gasteiger partial charge in [-0.3, -0.25) is 4.79 Å². The number of ether oxygens (including phenoxy) is 1. The van der Waals surface area contributed by atoms with Crippen LogP contribution in [0.5, 0.6) is 0 Å². The number of allylic oxidation sites excluding steroid dienone is 1. The zero-order valence-electron chi connectivity index (χ0n) is 16.1. The fraction of sp³-hybridized carbons (Fsp3) is 0.273. The van der Waals surface area contributed by atoms with Crippen LogP contribution in [0.15, 0.2) is 47.2 Å². The molecule has 1 aliphatic rings. The molecule has 1 amide bonds. The van der Waals surface area contributed by atoms with Crippen LogP contribution in [0.3, 0.4) is 0 Å². The van der Waals surface area contributed by atoms with Crippen LogP contribution in [0.1, 0.15) is 53.1 Å². The molecule has 27 heavy (non-hydrogen) atoms. The zero-order chi connectivity index (χ0) is 19.6. The maximum atomic E-state index is 12.6. The highest BCUT2D eigenvalue weighted by Gasteiger charge is 2.24. The molecule has 5 heteroatoms. The molecular weight excluding hydrogens is 340 g/mol. The van der Waals surface area contributed by atoms with Crippen molar-refractivity contribution in [3.8, 4) is 0 Å². The molecule has 0 bridgehead atoms. The van der Waals surface area contributed by atoms with E-state index in [1.54, 1.807) is 0 Å². The van der Waals surface area contributed by atoms with Crippen molar-refractivity contribution in [2.24, 2.45) is 0 Å². The van der Waals surface area contributed by atoms with Crippen LogP contribution in [0, 0.1) is 13.8 Å². The molecule has 0 aliphatic carbocycles. The van der Waals surface area contributed by atoms with E-state index in [9.17, 15) is 9.59 Å². The van der Waals surface area contributed by atoms with Crippen molar-refractivity contribution in [1.82, 2.24) is 10.3 Å². The number of hydrogen-bond donors (Lipinski definition) is 2. The lowest BCUT2D eigenvalue weighted by Gasteiger charge is -2.06. The average Bonchev–Trinajstić information content (AvgIpc) is 3.09. The third-order valence-electron chi connectivity index (χ3n) is 4.90. The molecule has 2 aromatic rings. The number of rotatable bonds is 5. The lowest BCUT2D eigenvalue weighted by molar-refractivity contribution is -0.116. The Labute approximate surface area is 159 Å². The van der Waals surface area contributed by atoms with E-state index < -0.39 is 0 Å². The number of hydrogen-bond acceptors (Lipinski definition) is 3. The summed E-state index contributed by atoms with van der Waals surface area (Å²) in [6.07, 6.45) is 2.66. The Morgan fingerprint density at radius 2 is 1.85 bits per heavy atom. The second-order valence-corrected chi connectivity index (χ2v) is 6.69. The predicted molar refractivity (Wildman–Crippen MR) is 105 cm³/mol. The first-order valence-electron chi connectivity index (χ1n) is 9.05. The first-order valence-corrected chi connectivity index (χ1v) is 9.05. The Morgan fingerprint density at radius 3 is 2.52 bits per heavy atom. The molecule has 3 rings (SSSR count). The van der Waals surface area contributed by atoms with Gasteiger partial charge in [-0.1, -0.05) is 37.3 Å². The van der Waals surface area contributed by atoms with Crippen molar-refractivity contribution in [3.63, 3.8) is 0 Å². The van der Waals surface area contributed by atoms with E-state index in [2.05, 4.69) is 10.3 Å². The van der Waals surface area contributed by atoms with Crippen LogP contribution in [0.2, 0.25) is 0 Å². The van der Waals surface area contributed by atoms with Gasteiger partial charge in [0.25, 0.3) is 5.91 Å². The molecule has 0 radical (unpaired) electrons. The number of benzene rings is 1. The van der Waals surface area contributed by atoms with E-state index in [4.69, 9.17) is 4.74 Å². The fourth-order valence-corrected chi connectivity index (χ4v) is 3.37. The van der Waals surface area contributed by atoms with Crippen molar-refractivity contribution in [2.75, 3.05) is 0 Å². The smallest absolute Gasteiger partial charge is 0.340 e. The van der Waals surface area contributed by atoms with Gasteiger partial charge >= 0.3 is 5.97 Å². The predicted octanol–water partition coefficient (Wildman–Crippen LogP) is 4.19. The van der Waals surface area contributed by atoms with Crippen LogP contribution in [0.25, 0.3) is 6.08 Å². The van der Waals surface area contributed by atoms with Gasteiger partial charge in [0, 0.05) is 22.7 Å². The Kier molecular flexibility index (Phi) is 5.31. The summed E-state index contributed by atoms with van der Waals surface area (Å²) in [5, 5.41) is 2.90. The standard InChI is InChI=1S/C22H24N2O3/c1-5-17-13(2)21(25)24-19(17)11-18-14(3)20(15(4)23-18)22(26)27-12-16-9-7-6-8-10-16/h6-11,23H,5,12H2,1-4H3,(H,24,25)/b19-11-. The largest absolute Gasteiger partial charge is 0.457 e. The van der Waals surface area contributed by atoms with Gasteiger partial charge in [0.15, 0.2) is 0 Å². The van der Waals surface area contributed by atoms with E-state index in [0.29, 0.717) is 5.56 Å². The second-order valence-electron chi connectivity index (χ2n) is 6.69. The number of amides is 1. The molecule has 1 aromatic heterocycles. The summed E-state index contributed by atoms with van der Waals surface area (Å²) in [6, 6.07) is 9.59. The van der Waals surface area contributed by atoms with Crippen molar-refractivity contribution in [3.05, 3.63) is 75.3 Å². The number of aromatic amines is 1. The molecule has 0 atom stereocenters. The molecule has 0 saturated heterocycles. The normalized spacial score (nSPS) is 15.4. The van der Waals surface area contributed by atoms with Crippen LogP contribution in [-0.2, 0) is 16.1 Å². The molecule has 2 N–H and O–H groups in total. The van der Waals surface area contributed by atoms with Gasteiger partial charge in [-0.05, 0) is 50.0 Å². The topological polar surface area (TPSA) is 71.2 Å². The summed E-state index contributed by atoms with van der Waals surface area (Å²) in [5.41, 5.74) is 6.38. The number of esters is 1. The van der Waals surface area contributed by atoms with Crippen LogP contribution < -0.4 is 5.32 Å². The van der Waals surface area contributed by atoms with Gasteiger partial charge < -0.3 is 15.0 Å². The summed E-state index contributed by atoms with van der Waals surface area (Å²) in [4.78, 5) is 27.8. The minimum Gasteiger partial charge on any atom is -0.457 e. The lowest BCUT2D eigenvalue weighted by Crippen LogP contribution is -2.15. The summed E-state index contributed by atoms with van der Waals surface area (Å²) in [7, 11) is 0. The number of carbonyl (C=O) groups excluding carboxylic acids is 2. The zero-order valence-corrected chi connectivity index (χ0v) is 16.1. The number of aromatic nitrogens is 1. The maximum Gasteiger partial charge on any atom is 0.340 e. The van der Waals surface area contributed by atoms with Gasteiger partial charge in [-0.15, -0.1) is 0 Å². The van der Waals surface area contributed by atoms with Gasteiger partial charge in [-0.25, -0.2) is 4.79 Å². The molecule has 2 heterocycles. The number of carbonyl (C=O) groups is 2. The summed E-state index contributed by atoms with van der Waals surface area (Å²) >= 11 is 0. The molecule has 0 unspecified atom stereocenters. The highest BCUT2D eigenvalue weighted by molar-refractivity contribution is 6.01. The second kappa shape index (κ2) is 7.66. The molecule has 0 fully saturated rings. The fourth-order valence-electron chi connectivity index (χ4n) is 3.37. The monoisotopic (exact) mass is 364 g/mol. The highest BCUT2D eigenvalue weighted by atomic mass is 16.5. The van der Waals surface area contributed by atoms with Gasteiger partial charge in [-0.2, -0.15) is 0 Å². The third kappa shape index (κ3) is 3.72. The van der Waals surface area contributed by atoms with Gasteiger partial charge in [0.05, 0.1) is 5.56 Å². The highest BCUT2D eigenvalue weighted by Crippen LogP contribution is 2.27. The first-order chi connectivity index (χ1) is 12.9. The number of H-pyrrole nitrogens is 1. The molecule has 5 nitrogen and oxygen atoms in total. The van der Waals surface area contributed by atoms with E-state index in [-0.39, 0.29) is 18.5 Å². The Hall–Kier alpha value is -3.08. The number of aryl methyl sites for hydroxylation is 1. The van der Waals surface area contributed by atoms with E-state index in [1.165, 1.54) is 0 Å². The van der Waals surface area contributed by atoms with Crippen LogP contribution in [-0.4, -0.2) is 16.9 Å². The van der Waals surface area contributed by atoms with Crippen molar-refractivity contribution in [1.29, 1.82) is 0 Å². The number of nitrogens with one attached hydrogen (secondary N) is 2. The lowest BCUT2D eigenvalue weighted by atomic mass is 10.1. The third-order valence-corrected chi connectivity index (χ3v) is 4.90.